The van der Waals surface area contributed by atoms with Gasteiger partial charge in [-0.05, 0) is 18.6 Å². The zero-order chi connectivity index (χ0) is 12.0. The topological polar surface area (TPSA) is 43.4 Å². The smallest absolute Gasteiger partial charge is 0.310 e. The first-order chi connectivity index (χ1) is 7.67. The Morgan fingerprint density at radius 2 is 2.12 bits per heavy atom. The van der Waals surface area contributed by atoms with Crippen LogP contribution in [0.3, 0.4) is 0 Å². The number of carbonyl (C=O) groups is 2. The standard InChI is InChI=1S/C12H16O3S/c1-3-4-5-10(13)11-7-6-9(16-11)8-12(14)15-2/h6-7H,3-5,8H2,1-2H3. The maximum atomic E-state index is 11.7. The minimum absolute atomic E-state index is 0.169. The van der Waals surface area contributed by atoms with E-state index in [-0.39, 0.29) is 18.2 Å². The molecule has 1 rings (SSSR count). The summed E-state index contributed by atoms with van der Waals surface area (Å²) in [6, 6.07) is 3.61. The van der Waals surface area contributed by atoms with Gasteiger partial charge < -0.3 is 4.74 Å². The Morgan fingerprint density at radius 3 is 2.75 bits per heavy atom. The van der Waals surface area contributed by atoms with E-state index in [1.54, 1.807) is 6.07 Å². The number of carbonyl (C=O) groups excluding carboxylic acids is 2. The highest BCUT2D eigenvalue weighted by atomic mass is 32.1. The molecule has 16 heavy (non-hydrogen) atoms. The number of esters is 1. The Morgan fingerprint density at radius 1 is 1.38 bits per heavy atom. The molecule has 0 N–H and O–H groups in total. The molecule has 0 aliphatic carbocycles. The second kappa shape index (κ2) is 6.43. The molecule has 0 radical (unpaired) electrons. The molecule has 0 aliphatic rings. The Bertz CT molecular complexity index is 368. The molecule has 0 atom stereocenters. The summed E-state index contributed by atoms with van der Waals surface area (Å²) in [6.07, 6.45) is 2.78. The van der Waals surface area contributed by atoms with Crippen molar-refractivity contribution < 1.29 is 14.3 Å². The fourth-order valence-electron chi connectivity index (χ4n) is 1.30. The predicted molar refractivity (Wildman–Crippen MR) is 63.9 cm³/mol. The molecule has 0 saturated heterocycles. The van der Waals surface area contributed by atoms with Crippen LogP contribution in [0, 0.1) is 0 Å². The van der Waals surface area contributed by atoms with Crippen LogP contribution in [0.4, 0.5) is 0 Å². The van der Waals surface area contributed by atoms with E-state index in [9.17, 15) is 9.59 Å². The quantitative estimate of drug-likeness (QED) is 0.567. The van der Waals surface area contributed by atoms with Gasteiger partial charge in [-0.2, -0.15) is 0 Å². The number of ether oxygens (including phenoxy) is 1. The lowest BCUT2D eigenvalue weighted by molar-refractivity contribution is -0.139. The summed E-state index contributed by atoms with van der Waals surface area (Å²) in [5.74, 6) is -0.0997. The molecule has 88 valence electrons. The number of rotatable bonds is 6. The Kier molecular flexibility index (Phi) is 5.19. The molecule has 0 aromatic carbocycles. The molecule has 0 fully saturated rings. The van der Waals surface area contributed by atoms with Crippen LogP contribution < -0.4 is 0 Å². The van der Waals surface area contributed by atoms with Crippen LogP contribution >= 0.6 is 11.3 Å². The number of hydrogen-bond acceptors (Lipinski definition) is 4. The minimum Gasteiger partial charge on any atom is -0.469 e. The summed E-state index contributed by atoms with van der Waals surface area (Å²) >= 11 is 1.38. The Labute approximate surface area is 99.4 Å². The first kappa shape index (κ1) is 12.9. The molecule has 0 saturated carbocycles. The van der Waals surface area contributed by atoms with E-state index in [0.29, 0.717) is 6.42 Å². The molecule has 0 bridgehead atoms. The minimum atomic E-state index is -0.269. The van der Waals surface area contributed by atoms with Crippen molar-refractivity contribution in [2.45, 2.75) is 32.6 Å². The normalized spacial score (nSPS) is 10.1. The number of thiophene rings is 1. The summed E-state index contributed by atoms with van der Waals surface area (Å²) in [4.78, 5) is 24.3. The molecule has 0 spiro atoms. The molecule has 1 aromatic heterocycles. The third-order valence-corrected chi connectivity index (χ3v) is 3.37. The Hall–Kier alpha value is -1.16. The first-order valence-corrected chi connectivity index (χ1v) is 6.17. The molecule has 1 aromatic rings. The number of hydrogen-bond donors (Lipinski definition) is 0. The third-order valence-electron chi connectivity index (χ3n) is 2.24. The van der Waals surface area contributed by atoms with E-state index >= 15 is 0 Å². The molecule has 4 heteroatoms. The maximum absolute atomic E-state index is 11.7. The van der Waals surface area contributed by atoms with Gasteiger partial charge in [-0.1, -0.05) is 13.3 Å². The second-order valence-corrected chi connectivity index (χ2v) is 4.71. The first-order valence-electron chi connectivity index (χ1n) is 5.36. The maximum Gasteiger partial charge on any atom is 0.310 e. The van der Waals surface area contributed by atoms with Crippen LogP contribution in [0.25, 0.3) is 0 Å². The van der Waals surface area contributed by atoms with Gasteiger partial charge in [0.25, 0.3) is 0 Å². The average Bonchev–Trinajstić information content (AvgIpc) is 2.74. The van der Waals surface area contributed by atoms with Crippen molar-refractivity contribution in [2.24, 2.45) is 0 Å². The van der Waals surface area contributed by atoms with Crippen LogP contribution in [0.2, 0.25) is 0 Å². The molecule has 3 nitrogen and oxygen atoms in total. The predicted octanol–water partition coefficient (Wildman–Crippen LogP) is 2.84. The third kappa shape index (κ3) is 3.77. The van der Waals surface area contributed by atoms with Crippen molar-refractivity contribution in [2.75, 3.05) is 7.11 Å². The van der Waals surface area contributed by atoms with Crippen molar-refractivity contribution >= 4 is 23.1 Å². The summed E-state index contributed by atoms with van der Waals surface area (Å²) in [7, 11) is 1.36. The van der Waals surface area contributed by atoms with Gasteiger partial charge in [-0.25, -0.2) is 0 Å². The van der Waals surface area contributed by atoms with Gasteiger partial charge in [0.05, 0.1) is 18.4 Å². The molecular weight excluding hydrogens is 224 g/mol. The van der Waals surface area contributed by atoms with Gasteiger partial charge in [0.15, 0.2) is 5.78 Å². The van der Waals surface area contributed by atoms with Crippen LogP contribution in [0.5, 0.6) is 0 Å². The van der Waals surface area contributed by atoms with Gasteiger partial charge in [0, 0.05) is 11.3 Å². The van der Waals surface area contributed by atoms with E-state index in [1.165, 1.54) is 18.4 Å². The van der Waals surface area contributed by atoms with E-state index in [4.69, 9.17) is 0 Å². The fraction of sp³-hybridized carbons (Fsp3) is 0.500. The number of Topliss-reactive ketones (excluding diaryl/α,β-unsaturated/α-hetero) is 1. The largest absolute Gasteiger partial charge is 0.469 e. The van der Waals surface area contributed by atoms with E-state index < -0.39 is 0 Å². The van der Waals surface area contributed by atoms with Crippen LogP contribution in [0.1, 0.15) is 40.7 Å². The van der Waals surface area contributed by atoms with Crippen molar-refractivity contribution in [1.82, 2.24) is 0 Å². The number of ketones is 1. The van der Waals surface area contributed by atoms with Gasteiger partial charge in [-0.15, -0.1) is 11.3 Å². The summed E-state index contributed by atoms with van der Waals surface area (Å²) in [6.45, 7) is 2.06. The van der Waals surface area contributed by atoms with E-state index in [1.807, 2.05) is 6.07 Å². The highest BCUT2D eigenvalue weighted by molar-refractivity contribution is 7.14. The van der Waals surface area contributed by atoms with E-state index in [0.717, 1.165) is 22.6 Å². The molecular formula is C12H16O3S. The highest BCUT2D eigenvalue weighted by Gasteiger charge is 2.11. The van der Waals surface area contributed by atoms with Gasteiger partial charge >= 0.3 is 5.97 Å². The zero-order valence-corrected chi connectivity index (χ0v) is 10.4. The number of methoxy groups -OCH3 is 1. The fourth-order valence-corrected chi connectivity index (χ4v) is 2.26. The second-order valence-electron chi connectivity index (χ2n) is 3.55. The lowest BCUT2D eigenvalue weighted by Crippen LogP contribution is -2.02. The monoisotopic (exact) mass is 240 g/mol. The van der Waals surface area contributed by atoms with Crippen LogP contribution in [0.15, 0.2) is 12.1 Å². The number of unbranched alkanes of at least 4 members (excludes halogenated alkanes) is 1. The molecule has 0 aliphatic heterocycles. The van der Waals surface area contributed by atoms with Gasteiger partial charge in [0.1, 0.15) is 0 Å². The van der Waals surface area contributed by atoms with Gasteiger partial charge in [-0.3, -0.25) is 9.59 Å². The summed E-state index contributed by atoms with van der Waals surface area (Å²) in [5.41, 5.74) is 0. The highest BCUT2D eigenvalue weighted by Crippen LogP contribution is 2.19. The summed E-state index contributed by atoms with van der Waals surface area (Å²) < 4.78 is 4.57. The molecule has 0 unspecified atom stereocenters. The van der Waals surface area contributed by atoms with Crippen LogP contribution in [-0.2, 0) is 16.0 Å². The molecule has 0 amide bonds. The zero-order valence-electron chi connectivity index (χ0n) is 9.62. The lowest BCUT2D eigenvalue weighted by atomic mass is 10.1. The van der Waals surface area contributed by atoms with Crippen molar-refractivity contribution in [3.63, 3.8) is 0 Å². The van der Waals surface area contributed by atoms with Crippen molar-refractivity contribution in [1.29, 1.82) is 0 Å². The van der Waals surface area contributed by atoms with E-state index in [2.05, 4.69) is 11.7 Å². The van der Waals surface area contributed by atoms with Crippen LogP contribution in [-0.4, -0.2) is 18.9 Å². The summed E-state index contributed by atoms with van der Waals surface area (Å²) in [5, 5.41) is 0. The average molecular weight is 240 g/mol. The van der Waals surface area contributed by atoms with Gasteiger partial charge in [0.2, 0.25) is 0 Å². The van der Waals surface area contributed by atoms with Crippen molar-refractivity contribution in [3.05, 3.63) is 21.9 Å². The molecule has 1 heterocycles. The Balaban J connectivity index is 2.57. The SMILES string of the molecule is CCCCC(=O)c1ccc(CC(=O)OC)s1. The van der Waals surface area contributed by atoms with Crippen molar-refractivity contribution in [3.8, 4) is 0 Å². The lowest BCUT2D eigenvalue weighted by Gasteiger charge is -1.96.